The highest BCUT2D eigenvalue weighted by Gasteiger charge is 2.36. The second kappa shape index (κ2) is 8.67. The van der Waals surface area contributed by atoms with E-state index in [1.54, 1.807) is 12.1 Å². The first-order chi connectivity index (χ1) is 15.0. The van der Waals surface area contributed by atoms with Gasteiger partial charge < -0.3 is 10.3 Å². The SMILES string of the molecule is CC[C@H](C)[C@@H](NC(=O)CCCN1C(=O)c2cccnc2C1=O)c1nc2ccccc2[nH]1. The first kappa shape index (κ1) is 20.7. The Bertz CT molecular complexity index is 1070. The molecule has 1 aliphatic heterocycles. The molecule has 2 aromatic heterocycles. The zero-order valence-corrected chi connectivity index (χ0v) is 17.6. The van der Waals surface area contributed by atoms with E-state index in [0.29, 0.717) is 12.0 Å². The number of imidazole rings is 1. The molecule has 31 heavy (non-hydrogen) atoms. The molecule has 0 unspecified atom stereocenters. The predicted molar refractivity (Wildman–Crippen MR) is 115 cm³/mol. The molecule has 4 rings (SSSR count). The van der Waals surface area contributed by atoms with Gasteiger partial charge in [-0.1, -0.05) is 32.4 Å². The van der Waals surface area contributed by atoms with Gasteiger partial charge in [-0.3, -0.25) is 24.3 Å². The normalized spacial score (nSPS) is 15.2. The van der Waals surface area contributed by atoms with Gasteiger partial charge >= 0.3 is 0 Å². The molecular weight excluding hydrogens is 394 g/mol. The second-order valence-electron chi connectivity index (χ2n) is 7.83. The number of para-hydroxylation sites is 2. The molecule has 3 amide bonds. The average molecular weight is 419 g/mol. The number of hydrogen-bond acceptors (Lipinski definition) is 5. The van der Waals surface area contributed by atoms with Gasteiger partial charge in [0.25, 0.3) is 11.8 Å². The Morgan fingerprint density at radius 1 is 1.16 bits per heavy atom. The Morgan fingerprint density at radius 2 is 1.97 bits per heavy atom. The molecule has 0 radical (unpaired) electrons. The molecule has 0 spiro atoms. The minimum absolute atomic E-state index is 0.138. The van der Waals surface area contributed by atoms with E-state index >= 15 is 0 Å². The lowest BCUT2D eigenvalue weighted by atomic mass is 9.98. The second-order valence-corrected chi connectivity index (χ2v) is 7.83. The van der Waals surface area contributed by atoms with Crippen molar-refractivity contribution in [2.24, 2.45) is 5.92 Å². The molecule has 0 saturated heterocycles. The summed E-state index contributed by atoms with van der Waals surface area (Å²) in [6, 6.07) is 10.7. The van der Waals surface area contributed by atoms with E-state index in [4.69, 9.17) is 0 Å². The number of carbonyl (C=O) groups excluding carboxylic acids is 3. The number of nitrogens with zero attached hydrogens (tertiary/aromatic N) is 3. The zero-order chi connectivity index (χ0) is 22.0. The van der Waals surface area contributed by atoms with E-state index in [1.807, 2.05) is 24.3 Å². The molecule has 0 saturated carbocycles. The standard InChI is InChI=1S/C23H25N5O3/c1-3-14(2)19(21-25-16-9-4-5-10-17(16)26-21)27-18(29)11-7-13-28-22(30)15-8-6-12-24-20(15)23(28)31/h4-6,8-10,12,14,19H,3,7,11,13H2,1-2H3,(H,25,26)(H,27,29)/t14-,19+/m0/s1. The molecule has 8 heteroatoms. The van der Waals surface area contributed by atoms with E-state index < -0.39 is 5.91 Å². The highest BCUT2D eigenvalue weighted by atomic mass is 16.2. The number of amides is 3. The van der Waals surface area contributed by atoms with Crippen LogP contribution >= 0.6 is 0 Å². The number of rotatable bonds is 8. The fraction of sp³-hybridized carbons (Fsp3) is 0.348. The number of H-pyrrole nitrogens is 1. The van der Waals surface area contributed by atoms with Crippen molar-refractivity contribution in [2.75, 3.05) is 6.54 Å². The van der Waals surface area contributed by atoms with Crippen molar-refractivity contribution in [1.82, 2.24) is 25.2 Å². The maximum atomic E-state index is 12.7. The van der Waals surface area contributed by atoms with Gasteiger partial charge in [-0.15, -0.1) is 0 Å². The van der Waals surface area contributed by atoms with Gasteiger partial charge in [-0.2, -0.15) is 0 Å². The molecule has 0 bridgehead atoms. The molecule has 8 nitrogen and oxygen atoms in total. The molecule has 160 valence electrons. The van der Waals surface area contributed by atoms with Crippen LogP contribution in [0.4, 0.5) is 0 Å². The molecule has 2 atom stereocenters. The lowest BCUT2D eigenvalue weighted by Gasteiger charge is -2.22. The quantitative estimate of drug-likeness (QED) is 0.545. The zero-order valence-electron chi connectivity index (χ0n) is 17.6. The van der Waals surface area contributed by atoms with Crippen LogP contribution in [0.3, 0.4) is 0 Å². The lowest BCUT2D eigenvalue weighted by Crippen LogP contribution is -2.35. The van der Waals surface area contributed by atoms with Crippen LogP contribution in [-0.2, 0) is 4.79 Å². The van der Waals surface area contributed by atoms with Crippen molar-refractivity contribution in [3.63, 3.8) is 0 Å². The number of benzene rings is 1. The van der Waals surface area contributed by atoms with Crippen molar-refractivity contribution in [1.29, 1.82) is 0 Å². The number of fused-ring (bicyclic) bond motifs is 2. The third-order valence-corrected chi connectivity index (χ3v) is 5.75. The Labute approximate surface area is 180 Å². The Kier molecular flexibility index (Phi) is 5.79. The maximum Gasteiger partial charge on any atom is 0.280 e. The van der Waals surface area contributed by atoms with Gasteiger partial charge in [0.05, 0.1) is 22.6 Å². The van der Waals surface area contributed by atoms with Gasteiger partial charge in [-0.25, -0.2) is 4.98 Å². The van der Waals surface area contributed by atoms with Crippen molar-refractivity contribution in [2.45, 2.75) is 39.2 Å². The summed E-state index contributed by atoms with van der Waals surface area (Å²) in [6.45, 7) is 4.33. The van der Waals surface area contributed by atoms with E-state index in [0.717, 1.165) is 28.2 Å². The highest BCUT2D eigenvalue weighted by Crippen LogP contribution is 2.25. The number of nitrogens with one attached hydrogen (secondary N) is 2. The highest BCUT2D eigenvalue weighted by molar-refractivity contribution is 6.20. The fourth-order valence-corrected chi connectivity index (χ4v) is 3.80. The molecule has 1 aliphatic rings. The van der Waals surface area contributed by atoms with Gasteiger partial charge in [0.1, 0.15) is 11.5 Å². The number of hydrogen-bond donors (Lipinski definition) is 2. The number of aromatic nitrogens is 3. The Balaban J connectivity index is 1.38. The van der Waals surface area contributed by atoms with E-state index in [2.05, 4.69) is 34.1 Å². The van der Waals surface area contributed by atoms with Crippen LogP contribution in [0, 0.1) is 5.92 Å². The molecular formula is C23H25N5O3. The van der Waals surface area contributed by atoms with Crippen LogP contribution in [0.2, 0.25) is 0 Å². The molecule has 3 heterocycles. The molecule has 0 aliphatic carbocycles. The maximum absolute atomic E-state index is 12.7. The van der Waals surface area contributed by atoms with Gasteiger partial charge in [0.2, 0.25) is 5.91 Å². The largest absolute Gasteiger partial charge is 0.346 e. The summed E-state index contributed by atoms with van der Waals surface area (Å²) < 4.78 is 0. The van der Waals surface area contributed by atoms with Crippen LogP contribution in [-0.4, -0.2) is 44.1 Å². The molecule has 2 N–H and O–H groups in total. The van der Waals surface area contributed by atoms with Crippen LogP contribution in [0.1, 0.15) is 65.8 Å². The summed E-state index contributed by atoms with van der Waals surface area (Å²) in [5.41, 5.74) is 2.29. The third-order valence-electron chi connectivity index (χ3n) is 5.75. The van der Waals surface area contributed by atoms with Gasteiger partial charge in [0.15, 0.2) is 0 Å². The number of imide groups is 1. The summed E-state index contributed by atoms with van der Waals surface area (Å²) >= 11 is 0. The van der Waals surface area contributed by atoms with Crippen LogP contribution in [0.5, 0.6) is 0 Å². The average Bonchev–Trinajstić information content (AvgIpc) is 3.32. The number of carbonyl (C=O) groups is 3. The van der Waals surface area contributed by atoms with Crippen LogP contribution in [0.25, 0.3) is 11.0 Å². The lowest BCUT2D eigenvalue weighted by molar-refractivity contribution is -0.122. The topological polar surface area (TPSA) is 108 Å². The van der Waals surface area contributed by atoms with Crippen LogP contribution in [0.15, 0.2) is 42.6 Å². The minimum atomic E-state index is -0.402. The minimum Gasteiger partial charge on any atom is -0.346 e. The summed E-state index contributed by atoms with van der Waals surface area (Å²) in [5.74, 6) is 0.0247. The van der Waals surface area contributed by atoms with Crippen LogP contribution < -0.4 is 5.32 Å². The van der Waals surface area contributed by atoms with Crippen molar-refractivity contribution in [3.8, 4) is 0 Å². The Hall–Kier alpha value is -3.55. The first-order valence-corrected chi connectivity index (χ1v) is 10.5. The monoisotopic (exact) mass is 419 g/mol. The molecule has 0 fully saturated rings. The molecule has 3 aromatic rings. The van der Waals surface area contributed by atoms with Crippen molar-refractivity contribution < 1.29 is 14.4 Å². The summed E-state index contributed by atoms with van der Waals surface area (Å²) in [5, 5.41) is 3.08. The van der Waals surface area contributed by atoms with Gasteiger partial charge in [0, 0.05) is 19.2 Å². The van der Waals surface area contributed by atoms with Crippen molar-refractivity contribution >= 4 is 28.8 Å². The van der Waals surface area contributed by atoms with Crippen molar-refractivity contribution in [3.05, 3.63) is 59.7 Å². The third kappa shape index (κ3) is 4.05. The molecule has 1 aromatic carbocycles. The number of aromatic amines is 1. The summed E-state index contributed by atoms with van der Waals surface area (Å²) in [7, 11) is 0. The summed E-state index contributed by atoms with van der Waals surface area (Å²) in [6.07, 6.45) is 2.96. The van der Waals surface area contributed by atoms with Gasteiger partial charge in [-0.05, 0) is 36.6 Å². The smallest absolute Gasteiger partial charge is 0.280 e. The summed E-state index contributed by atoms with van der Waals surface area (Å²) in [4.78, 5) is 50.6. The fourth-order valence-electron chi connectivity index (χ4n) is 3.80. The number of pyridine rings is 1. The predicted octanol–water partition coefficient (Wildman–Crippen LogP) is 3.24. The van der Waals surface area contributed by atoms with E-state index in [1.165, 1.54) is 6.20 Å². The first-order valence-electron chi connectivity index (χ1n) is 10.5. The van der Waals surface area contributed by atoms with E-state index in [9.17, 15) is 14.4 Å². The van der Waals surface area contributed by atoms with E-state index in [-0.39, 0.29) is 42.4 Å². The Morgan fingerprint density at radius 3 is 2.71 bits per heavy atom.